The molecule has 1 aliphatic rings. The summed E-state index contributed by atoms with van der Waals surface area (Å²) in [4.78, 5) is 20.7. The average molecular weight is 450 g/mol. The zero-order chi connectivity index (χ0) is 23.5. The average Bonchev–Trinajstić information content (AvgIpc) is 3.49. The van der Waals surface area contributed by atoms with Gasteiger partial charge in [0, 0.05) is 18.3 Å². The number of hydrogen-bond donors (Lipinski definition) is 1. The fourth-order valence-corrected chi connectivity index (χ4v) is 4.52. The number of hydrogen-bond acceptors (Lipinski definition) is 5. The highest BCUT2D eigenvalue weighted by molar-refractivity contribution is 6.05. The smallest absolute Gasteiger partial charge is 0.252 e. The van der Waals surface area contributed by atoms with Crippen LogP contribution in [-0.4, -0.2) is 52.3 Å². The second-order valence-corrected chi connectivity index (χ2v) is 9.41. The van der Waals surface area contributed by atoms with Gasteiger partial charge >= 0.3 is 0 Å². The molecule has 0 unspecified atom stereocenters. The lowest BCUT2D eigenvalue weighted by Crippen LogP contribution is -2.37. The second kappa shape index (κ2) is 9.91. The van der Waals surface area contributed by atoms with Crippen LogP contribution in [0.4, 0.5) is 0 Å². The number of carbonyl (C=O) groups is 1. The molecular weight excluding hydrogens is 414 g/mol. The predicted molar refractivity (Wildman–Crippen MR) is 131 cm³/mol. The fourth-order valence-electron chi connectivity index (χ4n) is 4.52. The number of fused-ring (bicyclic) bond motifs is 1. The highest BCUT2D eigenvalue weighted by atomic mass is 16.5. The molecule has 7 heteroatoms. The Kier molecular flexibility index (Phi) is 6.98. The van der Waals surface area contributed by atoms with Crippen molar-refractivity contribution in [3.63, 3.8) is 0 Å². The molecule has 1 fully saturated rings. The topological polar surface area (TPSA) is 72.3 Å². The van der Waals surface area contributed by atoms with E-state index in [9.17, 15) is 4.79 Å². The van der Waals surface area contributed by atoms with Crippen molar-refractivity contribution >= 4 is 16.9 Å². The summed E-state index contributed by atoms with van der Waals surface area (Å²) in [6.45, 7) is 11.0. The third-order valence-corrected chi connectivity index (χ3v) is 6.45. The van der Waals surface area contributed by atoms with Gasteiger partial charge in [0.1, 0.15) is 5.75 Å². The van der Waals surface area contributed by atoms with Crippen LogP contribution in [0.15, 0.2) is 36.5 Å². The Morgan fingerprint density at radius 1 is 1.12 bits per heavy atom. The normalized spacial score (nSPS) is 15.5. The molecule has 2 aromatic heterocycles. The van der Waals surface area contributed by atoms with Gasteiger partial charge in [-0.3, -0.25) is 9.69 Å². The van der Waals surface area contributed by atoms with Crippen molar-refractivity contribution in [2.24, 2.45) is 0 Å². The second-order valence-electron chi connectivity index (χ2n) is 9.41. The third-order valence-electron chi connectivity index (χ3n) is 6.45. The molecule has 4 rings (SSSR count). The van der Waals surface area contributed by atoms with Gasteiger partial charge in [-0.25, -0.2) is 9.67 Å². The van der Waals surface area contributed by atoms with Crippen molar-refractivity contribution in [2.45, 2.75) is 58.5 Å². The Balaban J connectivity index is 1.62. The molecular formula is C26H35N5O2. The summed E-state index contributed by atoms with van der Waals surface area (Å²) < 4.78 is 7.21. The van der Waals surface area contributed by atoms with Crippen molar-refractivity contribution in [3.05, 3.63) is 53.3 Å². The molecule has 7 nitrogen and oxygen atoms in total. The minimum atomic E-state index is -0.0784. The first-order valence-corrected chi connectivity index (χ1v) is 11.9. The van der Waals surface area contributed by atoms with E-state index in [2.05, 4.69) is 55.1 Å². The van der Waals surface area contributed by atoms with Crippen LogP contribution < -0.4 is 10.1 Å². The van der Waals surface area contributed by atoms with E-state index >= 15 is 0 Å². The summed E-state index contributed by atoms with van der Waals surface area (Å²) in [6, 6.07) is 10.4. The number of nitrogens with one attached hydrogen (secondary N) is 1. The maximum absolute atomic E-state index is 13.4. The van der Waals surface area contributed by atoms with Gasteiger partial charge in [0.25, 0.3) is 5.91 Å². The standard InChI is InChI=1S/C26H35N5O2/c1-17(2)23-14-21(22-15-28-31(18(3)4)25(22)29-23)26(32)27-16-24(30-12-6-7-13-30)19-8-10-20(33-5)11-9-19/h8-11,14-15,17-18,24H,6-7,12-13,16H2,1-5H3,(H,27,32)/t24-/m1/s1. The Bertz CT molecular complexity index is 1100. The summed E-state index contributed by atoms with van der Waals surface area (Å²) in [6.07, 6.45) is 4.15. The number of ether oxygens (including phenoxy) is 1. The SMILES string of the molecule is COc1ccc([C@@H](CNC(=O)c2cc(C(C)C)nc3c2cnn3C(C)C)N2CCCC2)cc1. The third kappa shape index (κ3) is 4.88. The van der Waals surface area contributed by atoms with Crippen LogP contribution in [0.1, 0.15) is 80.2 Å². The Morgan fingerprint density at radius 3 is 2.42 bits per heavy atom. The zero-order valence-electron chi connectivity index (χ0n) is 20.3. The van der Waals surface area contributed by atoms with Crippen molar-refractivity contribution in [2.75, 3.05) is 26.7 Å². The van der Waals surface area contributed by atoms with Crippen molar-refractivity contribution in [3.8, 4) is 5.75 Å². The van der Waals surface area contributed by atoms with Gasteiger partial charge in [0.15, 0.2) is 5.65 Å². The molecule has 0 radical (unpaired) electrons. The highest BCUT2D eigenvalue weighted by Gasteiger charge is 2.25. The maximum Gasteiger partial charge on any atom is 0.252 e. The Morgan fingerprint density at radius 2 is 1.82 bits per heavy atom. The predicted octanol–water partition coefficient (Wildman–Crippen LogP) is 4.71. The first-order chi connectivity index (χ1) is 15.9. The minimum absolute atomic E-state index is 0.0784. The summed E-state index contributed by atoms with van der Waals surface area (Å²) in [7, 11) is 1.68. The Labute approximate surface area is 196 Å². The molecule has 3 aromatic rings. The van der Waals surface area contributed by atoms with E-state index in [1.165, 1.54) is 18.4 Å². The number of amides is 1. The molecule has 1 amide bonds. The van der Waals surface area contributed by atoms with Gasteiger partial charge in [-0.2, -0.15) is 5.10 Å². The summed E-state index contributed by atoms with van der Waals surface area (Å²) in [5.74, 6) is 0.976. The quantitative estimate of drug-likeness (QED) is 0.539. The van der Waals surface area contributed by atoms with Crippen molar-refractivity contribution in [1.29, 1.82) is 0 Å². The largest absolute Gasteiger partial charge is 0.497 e. The first kappa shape index (κ1) is 23.2. The number of likely N-dealkylation sites (tertiary alicyclic amines) is 1. The fraction of sp³-hybridized carbons (Fsp3) is 0.500. The molecule has 1 saturated heterocycles. The zero-order valence-corrected chi connectivity index (χ0v) is 20.3. The number of nitrogens with zero attached hydrogens (tertiary/aromatic N) is 4. The van der Waals surface area contributed by atoms with Gasteiger partial charge in [0.05, 0.1) is 30.3 Å². The van der Waals surface area contributed by atoms with Crippen LogP contribution in [0.5, 0.6) is 5.75 Å². The molecule has 0 spiro atoms. The monoisotopic (exact) mass is 449 g/mol. The molecule has 0 bridgehead atoms. The first-order valence-electron chi connectivity index (χ1n) is 11.9. The number of methoxy groups -OCH3 is 1. The lowest BCUT2D eigenvalue weighted by molar-refractivity contribution is 0.0939. The number of pyridine rings is 1. The molecule has 0 saturated carbocycles. The van der Waals surface area contributed by atoms with Crippen LogP contribution in [-0.2, 0) is 0 Å². The molecule has 1 atom stereocenters. The number of benzene rings is 1. The van der Waals surface area contributed by atoms with Crippen LogP contribution in [0.25, 0.3) is 11.0 Å². The van der Waals surface area contributed by atoms with Crippen molar-refractivity contribution < 1.29 is 9.53 Å². The van der Waals surface area contributed by atoms with Gasteiger partial charge in [-0.05, 0) is 69.5 Å². The number of aromatic nitrogens is 3. The van der Waals surface area contributed by atoms with Crippen LogP contribution in [0, 0.1) is 0 Å². The number of rotatable bonds is 8. The summed E-state index contributed by atoms with van der Waals surface area (Å²) in [5, 5.41) is 8.54. The van der Waals surface area contributed by atoms with E-state index in [0.29, 0.717) is 12.1 Å². The van der Waals surface area contributed by atoms with E-state index in [1.807, 2.05) is 22.9 Å². The van der Waals surface area contributed by atoms with Gasteiger partial charge < -0.3 is 10.1 Å². The van der Waals surface area contributed by atoms with Crippen LogP contribution >= 0.6 is 0 Å². The molecule has 1 aromatic carbocycles. The molecule has 0 aliphatic carbocycles. The maximum atomic E-state index is 13.4. The highest BCUT2D eigenvalue weighted by Crippen LogP contribution is 2.27. The molecule has 3 heterocycles. The van der Waals surface area contributed by atoms with E-state index < -0.39 is 0 Å². The number of carbonyl (C=O) groups excluding carboxylic acids is 1. The minimum Gasteiger partial charge on any atom is -0.497 e. The van der Waals surface area contributed by atoms with E-state index in [-0.39, 0.29) is 23.9 Å². The van der Waals surface area contributed by atoms with Crippen LogP contribution in [0.3, 0.4) is 0 Å². The van der Waals surface area contributed by atoms with E-state index in [0.717, 1.165) is 35.6 Å². The van der Waals surface area contributed by atoms with Crippen LogP contribution in [0.2, 0.25) is 0 Å². The van der Waals surface area contributed by atoms with Crippen molar-refractivity contribution in [1.82, 2.24) is 25.0 Å². The summed E-state index contributed by atoms with van der Waals surface area (Å²) in [5.41, 5.74) is 3.51. The Hall–Kier alpha value is -2.93. The molecule has 33 heavy (non-hydrogen) atoms. The molecule has 1 aliphatic heterocycles. The van der Waals surface area contributed by atoms with Gasteiger partial charge in [-0.15, -0.1) is 0 Å². The van der Waals surface area contributed by atoms with Gasteiger partial charge in [0.2, 0.25) is 0 Å². The lowest BCUT2D eigenvalue weighted by atomic mass is 10.0. The lowest BCUT2D eigenvalue weighted by Gasteiger charge is -2.28. The van der Waals surface area contributed by atoms with E-state index in [4.69, 9.17) is 9.72 Å². The summed E-state index contributed by atoms with van der Waals surface area (Å²) >= 11 is 0. The van der Waals surface area contributed by atoms with E-state index in [1.54, 1.807) is 13.3 Å². The molecule has 1 N–H and O–H groups in total. The van der Waals surface area contributed by atoms with Gasteiger partial charge in [-0.1, -0.05) is 26.0 Å². The molecule has 176 valence electrons.